The Morgan fingerprint density at radius 3 is 2.54 bits per heavy atom. The summed E-state index contributed by atoms with van der Waals surface area (Å²) in [6.45, 7) is 4.53. The molecule has 0 radical (unpaired) electrons. The Bertz CT molecular complexity index is 1220. The maximum absolute atomic E-state index is 13.9. The topological polar surface area (TPSA) is 75.3 Å². The van der Waals surface area contributed by atoms with Crippen molar-refractivity contribution in [2.24, 2.45) is 0 Å². The van der Waals surface area contributed by atoms with Crippen molar-refractivity contribution in [2.75, 3.05) is 13.2 Å². The molecule has 11 heteroatoms. The average Bonchev–Trinajstić information content (AvgIpc) is 3.55. The summed E-state index contributed by atoms with van der Waals surface area (Å²) in [6.07, 6.45) is -4.21. The summed E-state index contributed by atoms with van der Waals surface area (Å²) < 4.78 is 70.8. The van der Waals surface area contributed by atoms with Gasteiger partial charge >= 0.3 is 6.18 Å². The number of rotatable bonds is 9. The fourth-order valence-electron chi connectivity index (χ4n) is 5.77. The monoisotopic (exact) mass is 597 g/mol. The van der Waals surface area contributed by atoms with E-state index >= 15 is 0 Å². The number of ether oxygens (including phenoxy) is 5. The van der Waals surface area contributed by atoms with Crippen molar-refractivity contribution >= 4 is 17.5 Å². The molecule has 2 aromatic rings. The van der Waals surface area contributed by atoms with Gasteiger partial charge in [0, 0.05) is 31.0 Å². The Morgan fingerprint density at radius 2 is 1.83 bits per heavy atom. The number of hydrogen-bond donors (Lipinski definition) is 1. The van der Waals surface area contributed by atoms with Crippen LogP contribution in [0.2, 0.25) is 5.02 Å². The molecule has 5 atom stereocenters. The fraction of sp³-hybridized carbons (Fsp3) is 0.567. The number of hydrogen-bond acceptors (Lipinski definition) is 6. The number of alkyl halides is 3. The second kappa shape index (κ2) is 12.2. The van der Waals surface area contributed by atoms with Crippen LogP contribution in [0.25, 0.3) is 0 Å². The predicted octanol–water partition coefficient (Wildman–Crippen LogP) is 5.81. The van der Waals surface area contributed by atoms with Crippen molar-refractivity contribution in [3.05, 3.63) is 70.2 Å². The molecule has 224 valence electrons. The molecule has 0 aromatic heterocycles. The lowest BCUT2D eigenvalue weighted by molar-refractivity contribution is -0.183. The van der Waals surface area contributed by atoms with E-state index in [9.17, 15) is 18.0 Å². The van der Waals surface area contributed by atoms with Crippen LogP contribution in [-0.4, -0.2) is 54.9 Å². The fourth-order valence-corrected chi connectivity index (χ4v) is 5.98. The van der Waals surface area contributed by atoms with Crippen LogP contribution in [0.4, 0.5) is 13.2 Å². The third-order valence-corrected chi connectivity index (χ3v) is 7.94. The van der Waals surface area contributed by atoms with Crippen molar-refractivity contribution in [1.29, 1.82) is 0 Å². The largest absolute Gasteiger partial charge is 0.416 e. The molecule has 0 spiro atoms. The molecule has 1 saturated carbocycles. The van der Waals surface area contributed by atoms with E-state index in [0.29, 0.717) is 23.7 Å². The van der Waals surface area contributed by atoms with Gasteiger partial charge in [-0.1, -0.05) is 35.9 Å². The van der Waals surface area contributed by atoms with Gasteiger partial charge in [-0.15, -0.1) is 0 Å². The van der Waals surface area contributed by atoms with Gasteiger partial charge in [-0.3, -0.25) is 4.79 Å². The van der Waals surface area contributed by atoms with E-state index in [-0.39, 0.29) is 38.1 Å². The summed E-state index contributed by atoms with van der Waals surface area (Å²) in [6, 6.07) is 12.2. The number of benzene rings is 2. The predicted molar refractivity (Wildman–Crippen MR) is 144 cm³/mol. The molecule has 2 aliphatic heterocycles. The number of carbonyl (C=O) groups is 1. The second-order valence-electron chi connectivity index (χ2n) is 11.4. The van der Waals surface area contributed by atoms with E-state index in [1.165, 1.54) is 6.07 Å². The van der Waals surface area contributed by atoms with Gasteiger partial charge in [0.2, 0.25) is 0 Å². The highest BCUT2D eigenvalue weighted by Gasteiger charge is 2.58. The minimum Gasteiger partial charge on any atom is -0.376 e. The number of amides is 1. The van der Waals surface area contributed by atoms with E-state index < -0.39 is 41.4 Å². The first-order valence-corrected chi connectivity index (χ1v) is 14.2. The summed E-state index contributed by atoms with van der Waals surface area (Å²) in [4.78, 5) is 13.9. The zero-order valence-corrected chi connectivity index (χ0v) is 23.8. The second-order valence-corrected chi connectivity index (χ2v) is 11.8. The van der Waals surface area contributed by atoms with Gasteiger partial charge < -0.3 is 29.0 Å². The van der Waals surface area contributed by atoms with Crippen molar-refractivity contribution in [3.8, 4) is 0 Å². The third-order valence-electron chi connectivity index (χ3n) is 7.70. The number of nitrogens with one attached hydrogen (secondary N) is 1. The van der Waals surface area contributed by atoms with Gasteiger partial charge in [0.25, 0.3) is 5.91 Å². The SMILES string of the molecule is CC1(C)O[C@@H]2C[C@@](OCc3cccc(C(F)(F)F)c3)(C(=O)NCC3CCCO3)CC(OCc3cccc(Cl)c3)[C@@H]2O1. The van der Waals surface area contributed by atoms with Gasteiger partial charge in [-0.2, -0.15) is 13.2 Å². The Morgan fingerprint density at radius 1 is 1.07 bits per heavy atom. The van der Waals surface area contributed by atoms with Crippen LogP contribution < -0.4 is 5.32 Å². The van der Waals surface area contributed by atoms with Gasteiger partial charge in [-0.05, 0) is 62.1 Å². The van der Waals surface area contributed by atoms with Crippen molar-refractivity contribution in [1.82, 2.24) is 5.32 Å². The molecule has 3 aliphatic rings. The standard InChI is InChI=1S/C30H35ClF3NO6/c1-28(2)40-25-15-29(27(36)35-16-23-10-5-11-37-23,39-18-19-6-3-8-21(12-19)30(32,33)34)14-24(26(25)41-28)38-17-20-7-4-9-22(31)13-20/h3-4,6-9,12-13,23-26H,5,10-11,14-18H2,1-2H3,(H,35,36)/t23?,24?,25-,26+,29-/m1/s1. The molecule has 5 rings (SSSR count). The van der Waals surface area contributed by atoms with Gasteiger partial charge in [-0.25, -0.2) is 0 Å². The Kier molecular flexibility index (Phi) is 8.99. The summed E-state index contributed by atoms with van der Waals surface area (Å²) in [5, 5.41) is 3.54. The van der Waals surface area contributed by atoms with Gasteiger partial charge in [0.15, 0.2) is 11.4 Å². The zero-order chi connectivity index (χ0) is 29.3. The lowest BCUT2D eigenvalue weighted by Gasteiger charge is -2.43. The van der Waals surface area contributed by atoms with Crippen LogP contribution >= 0.6 is 11.6 Å². The summed E-state index contributed by atoms with van der Waals surface area (Å²) in [5.41, 5.74) is -1.09. The minimum absolute atomic E-state index is 0.101. The maximum atomic E-state index is 13.9. The van der Waals surface area contributed by atoms with Crippen LogP contribution in [0.1, 0.15) is 56.2 Å². The number of halogens is 4. The Labute approximate surface area is 242 Å². The molecular weight excluding hydrogens is 563 g/mol. The van der Waals surface area contributed by atoms with E-state index in [4.69, 9.17) is 35.3 Å². The molecule has 41 heavy (non-hydrogen) atoms. The molecular formula is C30H35ClF3NO6. The molecule has 0 bridgehead atoms. The van der Waals surface area contributed by atoms with Gasteiger partial charge in [0.1, 0.15) is 6.10 Å². The molecule has 2 aromatic carbocycles. The minimum atomic E-state index is -4.50. The number of carbonyl (C=O) groups excluding carboxylic acids is 1. The van der Waals surface area contributed by atoms with E-state index in [0.717, 1.165) is 30.5 Å². The van der Waals surface area contributed by atoms with E-state index in [1.807, 2.05) is 12.1 Å². The molecule has 2 saturated heterocycles. The smallest absolute Gasteiger partial charge is 0.376 e. The average molecular weight is 598 g/mol. The molecule has 7 nitrogen and oxygen atoms in total. The molecule has 3 fully saturated rings. The third kappa shape index (κ3) is 7.42. The first-order valence-electron chi connectivity index (χ1n) is 13.8. The number of fused-ring (bicyclic) bond motifs is 1. The maximum Gasteiger partial charge on any atom is 0.416 e. The van der Waals surface area contributed by atoms with Crippen LogP contribution in [0.5, 0.6) is 0 Å². The summed E-state index contributed by atoms with van der Waals surface area (Å²) in [5.74, 6) is -1.30. The molecule has 1 amide bonds. The van der Waals surface area contributed by atoms with E-state index in [1.54, 1.807) is 32.0 Å². The summed E-state index contributed by atoms with van der Waals surface area (Å²) in [7, 11) is 0. The molecule has 1 N–H and O–H groups in total. The van der Waals surface area contributed by atoms with E-state index in [2.05, 4.69) is 5.32 Å². The Balaban J connectivity index is 1.40. The normalized spacial score (nSPS) is 29.3. The van der Waals surface area contributed by atoms with Gasteiger partial charge in [0.05, 0.1) is 37.1 Å². The van der Waals surface area contributed by atoms with Crippen molar-refractivity contribution in [2.45, 2.75) is 94.7 Å². The molecule has 2 heterocycles. The van der Waals surface area contributed by atoms with Crippen molar-refractivity contribution in [3.63, 3.8) is 0 Å². The lowest BCUT2D eigenvalue weighted by Crippen LogP contribution is -2.60. The van der Waals surface area contributed by atoms with Crippen LogP contribution in [0, 0.1) is 0 Å². The van der Waals surface area contributed by atoms with Crippen molar-refractivity contribution < 1.29 is 41.7 Å². The van der Waals surface area contributed by atoms with Crippen LogP contribution in [0.15, 0.2) is 48.5 Å². The summed E-state index contributed by atoms with van der Waals surface area (Å²) >= 11 is 6.15. The quantitative estimate of drug-likeness (QED) is 0.393. The molecule has 2 unspecified atom stereocenters. The first kappa shape index (κ1) is 30.3. The molecule has 1 aliphatic carbocycles. The Hall–Kier alpha value is -2.21. The highest BCUT2D eigenvalue weighted by atomic mass is 35.5. The zero-order valence-electron chi connectivity index (χ0n) is 23.0. The highest BCUT2D eigenvalue weighted by Crippen LogP contribution is 2.44. The highest BCUT2D eigenvalue weighted by molar-refractivity contribution is 6.30. The first-order chi connectivity index (χ1) is 19.4. The van der Waals surface area contributed by atoms with Crippen LogP contribution in [-0.2, 0) is 47.9 Å². The lowest BCUT2D eigenvalue weighted by atomic mass is 9.78. The van der Waals surface area contributed by atoms with Crippen LogP contribution in [0.3, 0.4) is 0 Å².